The van der Waals surface area contributed by atoms with Crippen LogP contribution in [0.2, 0.25) is 0 Å². The number of aliphatic carboxylic acids is 1. The first kappa shape index (κ1) is 14.0. The van der Waals surface area contributed by atoms with Gasteiger partial charge >= 0.3 is 5.97 Å². The van der Waals surface area contributed by atoms with Crippen LogP contribution in [0.25, 0.3) is 16.6 Å². The molecule has 0 amide bonds. The largest absolute Gasteiger partial charge is 0.480 e. The molecular formula is C15H14N4O3. The van der Waals surface area contributed by atoms with Crippen LogP contribution < -0.4 is 5.56 Å². The number of fused-ring (bicyclic) bond motifs is 1. The second-order valence-corrected chi connectivity index (χ2v) is 5.05. The Bertz CT molecular complexity index is 940. The summed E-state index contributed by atoms with van der Waals surface area (Å²) in [4.78, 5) is 23.5. The number of hydrogen-bond acceptors (Lipinski definition) is 4. The van der Waals surface area contributed by atoms with E-state index in [0.717, 1.165) is 15.9 Å². The van der Waals surface area contributed by atoms with Crippen molar-refractivity contribution in [3.63, 3.8) is 0 Å². The molecule has 2 aromatic heterocycles. The van der Waals surface area contributed by atoms with Gasteiger partial charge in [-0.05, 0) is 25.5 Å². The zero-order valence-electron chi connectivity index (χ0n) is 12.1. The van der Waals surface area contributed by atoms with E-state index in [1.54, 1.807) is 17.8 Å². The van der Waals surface area contributed by atoms with E-state index in [9.17, 15) is 9.59 Å². The molecule has 0 aliphatic heterocycles. The molecule has 112 valence electrons. The fourth-order valence-electron chi connectivity index (χ4n) is 2.44. The number of rotatable bonds is 3. The van der Waals surface area contributed by atoms with Gasteiger partial charge in [0.15, 0.2) is 0 Å². The van der Waals surface area contributed by atoms with Crippen molar-refractivity contribution in [1.29, 1.82) is 0 Å². The maximum absolute atomic E-state index is 12.6. The van der Waals surface area contributed by atoms with E-state index in [4.69, 9.17) is 5.11 Å². The van der Waals surface area contributed by atoms with Crippen molar-refractivity contribution in [3.05, 3.63) is 52.1 Å². The number of nitrogens with zero attached hydrogens (tertiary/aromatic N) is 4. The van der Waals surface area contributed by atoms with Gasteiger partial charge in [0.25, 0.3) is 5.56 Å². The predicted octanol–water partition coefficient (Wildman–Crippen LogP) is 1.28. The first-order valence-corrected chi connectivity index (χ1v) is 6.72. The number of carboxylic acid groups (broad SMARTS) is 1. The standard InChI is InChI=1S/C15H14N4O3/c1-9-5-3-4-6-12(9)19-14-11(7-16-19)10(2)17-18(15(14)22)8-13(20)21/h3-7H,8H2,1-2H3,(H,20,21). The van der Waals surface area contributed by atoms with Gasteiger partial charge in [-0.3, -0.25) is 9.59 Å². The van der Waals surface area contributed by atoms with Crippen molar-refractivity contribution in [2.45, 2.75) is 20.4 Å². The number of aryl methyl sites for hydroxylation is 2. The average molecular weight is 298 g/mol. The van der Waals surface area contributed by atoms with Crippen LogP contribution in [0, 0.1) is 13.8 Å². The van der Waals surface area contributed by atoms with Crippen LogP contribution >= 0.6 is 0 Å². The lowest BCUT2D eigenvalue weighted by Crippen LogP contribution is -2.28. The van der Waals surface area contributed by atoms with Crippen LogP contribution in [0.4, 0.5) is 0 Å². The summed E-state index contributed by atoms with van der Waals surface area (Å²) in [5, 5.41) is 17.9. The molecule has 0 aliphatic rings. The molecule has 0 unspecified atom stereocenters. The Balaban J connectivity index is 2.35. The second kappa shape index (κ2) is 5.10. The highest BCUT2D eigenvalue weighted by Crippen LogP contribution is 2.19. The molecule has 22 heavy (non-hydrogen) atoms. The Morgan fingerprint density at radius 2 is 2.00 bits per heavy atom. The molecule has 0 fully saturated rings. The molecule has 0 atom stereocenters. The third-order valence-corrected chi connectivity index (χ3v) is 3.50. The first-order valence-electron chi connectivity index (χ1n) is 6.72. The second-order valence-electron chi connectivity index (χ2n) is 5.05. The van der Waals surface area contributed by atoms with Gasteiger partial charge in [-0.1, -0.05) is 18.2 Å². The monoisotopic (exact) mass is 298 g/mol. The SMILES string of the molecule is Cc1ccccc1-n1ncc2c(C)nn(CC(=O)O)c(=O)c21. The van der Waals surface area contributed by atoms with Gasteiger partial charge in [0.05, 0.1) is 17.6 Å². The van der Waals surface area contributed by atoms with E-state index in [-0.39, 0.29) is 0 Å². The van der Waals surface area contributed by atoms with Gasteiger partial charge in [-0.15, -0.1) is 0 Å². The quantitative estimate of drug-likeness (QED) is 0.786. The number of carbonyl (C=O) groups is 1. The van der Waals surface area contributed by atoms with E-state index in [2.05, 4.69) is 10.2 Å². The van der Waals surface area contributed by atoms with Crippen molar-refractivity contribution in [2.75, 3.05) is 0 Å². The van der Waals surface area contributed by atoms with Crippen LogP contribution in [0.1, 0.15) is 11.3 Å². The number of benzene rings is 1. The predicted molar refractivity (Wildman–Crippen MR) is 80.2 cm³/mol. The first-order chi connectivity index (χ1) is 10.5. The molecule has 7 nitrogen and oxygen atoms in total. The van der Waals surface area contributed by atoms with E-state index >= 15 is 0 Å². The third kappa shape index (κ3) is 2.16. The van der Waals surface area contributed by atoms with Crippen molar-refractivity contribution in [3.8, 4) is 5.69 Å². The van der Waals surface area contributed by atoms with Crippen molar-refractivity contribution < 1.29 is 9.90 Å². The molecule has 0 spiro atoms. The fourth-order valence-corrected chi connectivity index (χ4v) is 2.44. The summed E-state index contributed by atoms with van der Waals surface area (Å²) in [6, 6.07) is 7.55. The molecule has 1 N–H and O–H groups in total. The molecule has 0 aliphatic carbocycles. The fraction of sp³-hybridized carbons (Fsp3) is 0.200. The highest BCUT2D eigenvalue weighted by molar-refractivity contribution is 5.81. The highest BCUT2D eigenvalue weighted by atomic mass is 16.4. The van der Waals surface area contributed by atoms with Crippen molar-refractivity contribution in [1.82, 2.24) is 19.6 Å². The Hall–Kier alpha value is -2.96. The van der Waals surface area contributed by atoms with Crippen LogP contribution in [-0.4, -0.2) is 30.6 Å². The summed E-state index contributed by atoms with van der Waals surface area (Å²) in [7, 11) is 0. The van der Waals surface area contributed by atoms with Gasteiger partial charge < -0.3 is 5.11 Å². The minimum absolute atomic E-state index is 0.336. The normalized spacial score (nSPS) is 11.0. The molecule has 3 aromatic rings. The summed E-state index contributed by atoms with van der Waals surface area (Å²) in [5.74, 6) is -1.12. The summed E-state index contributed by atoms with van der Waals surface area (Å²) < 4.78 is 2.50. The summed E-state index contributed by atoms with van der Waals surface area (Å²) in [6.07, 6.45) is 1.58. The molecule has 0 saturated heterocycles. The zero-order valence-corrected chi connectivity index (χ0v) is 12.1. The van der Waals surface area contributed by atoms with Gasteiger partial charge in [0.1, 0.15) is 12.1 Å². The van der Waals surface area contributed by atoms with Crippen LogP contribution in [0.5, 0.6) is 0 Å². The van der Waals surface area contributed by atoms with Crippen LogP contribution in [-0.2, 0) is 11.3 Å². The molecule has 0 saturated carbocycles. The highest BCUT2D eigenvalue weighted by Gasteiger charge is 2.16. The lowest BCUT2D eigenvalue weighted by molar-refractivity contribution is -0.138. The molecule has 2 heterocycles. The number of hydrogen-bond donors (Lipinski definition) is 1. The lowest BCUT2D eigenvalue weighted by atomic mass is 10.2. The minimum Gasteiger partial charge on any atom is -0.480 e. The molecule has 0 radical (unpaired) electrons. The molecular weight excluding hydrogens is 284 g/mol. The van der Waals surface area contributed by atoms with Crippen molar-refractivity contribution in [2.24, 2.45) is 0 Å². The summed E-state index contributed by atoms with van der Waals surface area (Å²) in [5.41, 5.74) is 2.18. The Morgan fingerprint density at radius 1 is 1.27 bits per heavy atom. The molecule has 3 rings (SSSR count). The minimum atomic E-state index is -1.12. The topological polar surface area (TPSA) is 90.0 Å². The average Bonchev–Trinajstić information content (AvgIpc) is 2.90. The molecule has 1 aromatic carbocycles. The lowest BCUT2D eigenvalue weighted by Gasteiger charge is -2.08. The maximum atomic E-state index is 12.6. The van der Waals surface area contributed by atoms with Gasteiger partial charge in [0, 0.05) is 5.39 Å². The summed E-state index contributed by atoms with van der Waals surface area (Å²) >= 11 is 0. The smallest absolute Gasteiger partial charge is 0.325 e. The van der Waals surface area contributed by atoms with Crippen LogP contribution in [0.3, 0.4) is 0 Å². The van der Waals surface area contributed by atoms with E-state index < -0.39 is 18.1 Å². The number of para-hydroxylation sites is 1. The Morgan fingerprint density at radius 3 is 2.68 bits per heavy atom. The summed E-state index contributed by atoms with van der Waals surface area (Å²) in [6.45, 7) is 3.17. The van der Waals surface area contributed by atoms with Gasteiger partial charge in [0.2, 0.25) is 0 Å². The maximum Gasteiger partial charge on any atom is 0.325 e. The van der Waals surface area contributed by atoms with E-state index in [0.29, 0.717) is 16.6 Å². The van der Waals surface area contributed by atoms with Gasteiger partial charge in [-0.25, -0.2) is 9.36 Å². The number of aromatic nitrogens is 4. The third-order valence-electron chi connectivity index (χ3n) is 3.50. The Labute approximate surface area is 125 Å². The van der Waals surface area contributed by atoms with Crippen molar-refractivity contribution >= 4 is 16.9 Å². The number of carboxylic acids is 1. The Kier molecular flexibility index (Phi) is 3.25. The van der Waals surface area contributed by atoms with E-state index in [1.807, 2.05) is 31.2 Å². The van der Waals surface area contributed by atoms with Crippen LogP contribution in [0.15, 0.2) is 35.3 Å². The molecule has 0 bridgehead atoms. The van der Waals surface area contributed by atoms with E-state index in [1.165, 1.54) is 0 Å². The zero-order chi connectivity index (χ0) is 15.9. The van der Waals surface area contributed by atoms with Gasteiger partial charge in [-0.2, -0.15) is 10.2 Å². The molecule has 7 heteroatoms.